The van der Waals surface area contributed by atoms with Crippen molar-refractivity contribution in [2.45, 2.75) is 23.8 Å². The molecule has 1 unspecified atom stereocenters. The molecule has 1 heterocycles. The monoisotopic (exact) mass is 416 g/mol. The number of nitrogens with one attached hydrogen (secondary N) is 1. The third-order valence-electron chi connectivity index (χ3n) is 4.42. The van der Waals surface area contributed by atoms with Crippen LogP contribution < -0.4 is 11.1 Å². The molecule has 144 valence electrons. The van der Waals surface area contributed by atoms with E-state index in [0.29, 0.717) is 28.4 Å². The molecule has 0 amide bonds. The van der Waals surface area contributed by atoms with Crippen LogP contribution >= 0.6 is 11.6 Å². The van der Waals surface area contributed by atoms with Crippen molar-refractivity contribution in [1.82, 2.24) is 4.98 Å². The van der Waals surface area contributed by atoms with Crippen molar-refractivity contribution in [3.8, 4) is 6.07 Å². The quantitative estimate of drug-likeness (QED) is 0.767. The van der Waals surface area contributed by atoms with E-state index in [9.17, 15) is 13.2 Å². The molecule has 0 spiro atoms. The highest BCUT2D eigenvalue weighted by Crippen LogP contribution is 2.35. The van der Waals surface area contributed by atoms with Gasteiger partial charge in [-0.1, -0.05) is 17.7 Å². The fraction of sp³-hybridized carbons (Fsp3) is 0.211. The van der Waals surface area contributed by atoms with Crippen LogP contribution in [0.25, 0.3) is 0 Å². The van der Waals surface area contributed by atoms with Crippen molar-refractivity contribution >= 4 is 32.9 Å². The minimum Gasteiger partial charge on any atom is -0.357 e. The number of sulfone groups is 1. The summed E-state index contributed by atoms with van der Waals surface area (Å²) in [6.45, 7) is 0. The molecule has 0 saturated heterocycles. The first-order valence-electron chi connectivity index (χ1n) is 8.34. The Bertz CT molecular complexity index is 1140. The molecule has 7 nitrogen and oxygen atoms in total. The molecule has 3 rings (SSSR count). The first-order chi connectivity index (χ1) is 13.2. The number of ketones is 1. The van der Waals surface area contributed by atoms with Crippen LogP contribution in [0.1, 0.15) is 30.0 Å². The largest absolute Gasteiger partial charge is 0.357 e. The van der Waals surface area contributed by atoms with Gasteiger partial charge in [-0.15, -0.1) is 0 Å². The number of pyridine rings is 1. The summed E-state index contributed by atoms with van der Waals surface area (Å²) in [5.41, 5.74) is 8.34. The minimum atomic E-state index is -3.65. The molecule has 1 aromatic carbocycles. The number of carbonyl (C=O) groups excluding carboxylic acids is 1. The van der Waals surface area contributed by atoms with Crippen molar-refractivity contribution < 1.29 is 13.2 Å². The summed E-state index contributed by atoms with van der Waals surface area (Å²) in [7, 11) is -3.65. The van der Waals surface area contributed by atoms with Gasteiger partial charge in [-0.3, -0.25) is 9.78 Å². The van der Waals surface area contributed by atoms with Crippen LogP contribution in [0.15, 0.2) is 52.8 Å². The van der Waals surface area contributed by atoms with Gasteiger partial charge in [0.1, 0.15) is 0 Å². The van der Waals surface area contributed by atoms with Crippen LogP contribution in [0.4, 0.5) is 5.69 Å². The Morgan fingerprint density at radius 1 is 1.29 bits per heavy atom. The molecule has 9 heteroatoms. The second-order valence-corrected chi connectivity index (χ2v) is 8.87. The van der Waals surface area contributed by atoms with Crippen molar-refractivity contribution in [3.05, 3.63) is 64.1 Å². The van der Waals surface area contributed by atoms with E-state index in [2.05, 4.69) is 10.3 Å². The molecular weight excluding hydrogens is 400 g/mol. The van der Waals surface area contributed by atoms with Crippen molar-refractivity contribution in [1.29, 1.82) is 5.26 Å². The van der Waals surface area contributed by atoms with E-state index in [1.54, 1.807) is 12.3 Å². The second-order valence-electron chi connectivity index (χ2n) is 6.45. The highest BCUT2D eigenvalue weighted by Gasteiger charge is 2.31. The Hall–Kier alpha value is -2.73. The molecule has 1 aliphatic rings. The Kier molecular flexibility index (Phi) is 5.52. The molecule has 0 bridgehead atoms. The zero-order chi connectivity index (χ0) is 20.5. The van der Waals surface area contributed by atoms with E-state index in [4.69, 9.17) is 22.6 Å². The number of hydrogen-bond donors (Lipinski definition) is 2. The number of carbonyl (C=O) groups is 1. The number of rotatable bonds is 5. The van der Waals surface area contributed by atoms with E-state index >= 15 is 0 Å². The number of allylic oxidation sites excluding steroid dienone is 1. The first-order valence-corrected chi connectivity index (χ1v) is 10.6. The molecule has 28 heavy (non-hydrogen) atoms. The molecule has 0 saturated carbocycles. The summed E-state index contributed by atoms with van der Waals surface area (Å²) >= 11 is 5.95. The second kappa shape index (κ2) is 7.72. The van der Waals surface area contributed by atoms with E-state index in [0.717, 1.165) is 6.26 Å². The smallest absolute Gasteiger partial charge is 0.175 e. The van der Waals surface area contributed by atoms with Crippen LogP contribution in [0, 0.1) is 11.3 Å². The van der Waals surface area contributed by atoms with E-state index in [1.807, 2.05) is 6.07 Å². The van der Waals surface area contributed by atoms with Crippen LogP contribution in [0.5, 0.6) is 0 Å². The van der Waals surface area contributed by atoms with Gasteiger partial charge in [-0.2, -0.15) is 5.26 Å². The number of hydrogen-bond acceptors (Lipinski definition) is 7. The summed E-state index contributed by atoms with van der Waals surface area (Å²) in [5, 5.41) is 12.6. The van der Waals surface area contributed by atoms with Crippen molar-refractivity contribution in [2.75, 3.05) is 11.6 Å². The third-order valence-corrected chi connectivity index (χ3v) is 5.78. The van der Waals surface area contributed by atoms with Gasteiger partial charge in [-0.25, -0.2) is 8.42 Å². The molecular formula is C19H17ClN4O3S. The fourth-order valence-electron chi connectivity index (χ4n) is 3.16. The molecule has 1 aliphatic carbocycles. The van der Waals surface area contributed by atoms with Gasteiger partial charge in [-0.05, 0) is 30.2 Å². The average molecular weight is 417 g/mol. The van der Waals surface area contributed by atoms with Crippen LogP contribution in [-0.4, -0.2) is 25.4 Å². The van der Waals surface area contributed by atoms with E-state index < -0.39 is 15.9 Å². The molecule has 3 N–H and O–H groups in total. The fourth-order valence-corrected chi connectivity index (χ4v) is 4.30. The molecule has 1 atom stereocenters. The lowest BCUT2D eigenvalue weighted by Gasteiger charge is -2.19. The molecule has 1 aromatic heterocycles. The number of aromatic nitrogens is 1. The number of Topliss-reactive ketones (excluding diaryl/α,β-unsaturated/α-hetero) is 1. The van der Waals surface area contributed by atoms with E-state index in [1.165, 1.54) is 24.4 Å². The summed E-state index contributed by atoms with van der Waals surface area (Å²) in [6.07, 6.45) is 4.81. The van der Waals surface area contributed by atoms with E-state index in [-0.39, 0.29) is 28.2 Å². The maximum absolute atomic E-state index is 12.5. The Morgan fingerprint density at radius 2 is 2.04 bits per heavy atom. The summed E-state index contributed by atoms with van der Waals surface area (Å²) in [5.74, 6) is -0.159. The predicted octanol–water partition coefficient (Wildman–Crippen LogP) is 2.74. The summed E-state index contributed by atoms with van der Waals surface area (Å²) in [6, 6.07) is 6.87. The lowest BCUT2D eigenvalue weighted by Crippen LogP contribution is -2.21. The molecule has 2 aromatic rings. The maximum Gasteiger partial charge on any atom is 0.175 e. The predicted molar refractivity (Wildman–Crippen MR) is 105 cm³/mol. The zero-order valence-electron chi connectivity index (χ0n) is 14.9. The maximum atomic E-state index is 12.5. The van der Waals surface area contributed by atoms with Gasteiger partial charge in [0.05, 0.1) is 39.5 Å². The van der Waals surface area contributed by atoms with Crippen LogP contribution in [0.2, 0.25) is 5.02 Å². The van der Waals surface area contributed by atoms with Crippen LogP contribution in [-0.2, 0) is 14.6 Å². The number of halogens is 1. The molecule has 0 fully saturated rings. The molecule has 0 radical (unpaired) electrons. The average Bonchev–Trinajstić information content (AvgIpc) is 3.00. The zero-order valence-corrected chi connectivity index (χ0v) is 16.5. The summed E-state index contributed by atoms with van der Waals surface area (Å²) in [4.78, 5) is 16.5. The van der Waals surface area contributed by atoms with Gasteiger partial charge in [0, 0.05) is 30.1 Å². The summed E-state index contributed by atoms with van der Waals surface area (Å²) < 4.78 is 24.5. The van der Waals surface area contributed by atoms with Gasteiger partial charge < -0.3 is 11.1 Å². The first kappa shape index (κ1) is 20.0. The van der Waals surface area contributed by atoms with Gasteiger partial charge in [0.25, 0.3) is 0 Å². The lowest BCUT2D eigenvalue weighted by atomic mass is 9.96. The number of nitrogens with two attached hydrogens (primary N) is 1. The van der Waals surface area contributed by atoms with Gasteiger partial charge in [0.15, 0.2) is 15.6 Å². The highest BCUT2D eigenvalue weighted by molar-refractivity contribution is 7.90. The van der Waals surface area contributed by atoms with Gasteiger partial charge in [0.2, 0.25) is 0 Å². The number of nitriles is 1. The minimum absolute atomic E-state index is 0.0602. The number of benzene rings is 1. The van der Waals surface area contributed by atoms with Crippen LogP contribution in [0.3, 0.4) is 0 Å². The Labute approximate surface area is 167 Å². The van der Waals surface area contributed by atoms with Crippen molar-refractivity contribution in [3.63, 3.8) is 0 Å². The highest BCUT2D eigenvalue weighted by atomic mass is 35.5. The standard InChI is InChI=1S/C19H17ClN4O3S/c1-28(26,27)17-6-11(8-21)2-3-14(17)19(22)18-15(4-5-16(18)25)24-13-7-12(20)9-23-10-13/h2-3,6-7,9-10,19,24H,4-5,22H2,1H3. The van der Waals surface area contributed by atoms with Gasteiger partial charge >= 0.3 is 0 Å². The topological polar surface area (TPSA) is 126 Å². The number of anilines is 1. The lowest BCUT2D eigenvalue weighted by molar-refractivity contribution is -0.115. The van der Waals surface area contributed by atoms with Crippen molar-refractivity contribution in [2.24, 2.45) is 5.73 Å². The number of nitrogens with zero attached hydrogens (tertiary/aromatic N) is 2. The normalized spacial score (nSPS) is 15.4. The SMILES string of the molecule is CS(=O)(=O)c1cc(C#N)ccc1C(N)C1=C(Nc2cncc(Cl)c2)CCC1=O. The third kappa shape index (κ3) is 4.07. The Morgan fingerprint density at radius 3 is 2.68 bits per heavy atom. The Balaban J connectivity index is 2.08. The molecule has 0 aliphatic heterocycles.